The number of methoxy groups -OCH3 is 1. The highest BCUT2D eigenvalue weighted by Crippen LogP contribution is 2.24. The third-order valence-corrected chi connectivity index (χ3v) is 2.85. The van der Waals surface area contributed by atoms with Crippen LogP contribution in [0.2, 0.25) is 0 Å². The summed E-state index contributed by atoms with van der Waals surface area (Å²) in [5.41, 5.74) is 1.19. The van der Waals surface area contributed by atoms with Crippen LogP contribution < -0.4 is 14.8 Å². The molecule has 2 aromatic rings. The van der Waals surface area contributed by atoms with Gasteiger partial charge in [0.15, 0.2) is 0 Å². The summed E-state index contributed by atoms with van der Waals surface area (Å²) in [6.07, 6.45) is 0. The zero-order chi connectivity index (χ0) is 15.2. The fourth-order valence-corrected chi connectivity index (χ4v) is 1.75. The summed E-state index contributed by atoms with van der Waals surface area (Å²) in [6, 6.07) is 8.29. The molecule has 0 bridgehead atoms. The van der Waals surface area contributed by atoms with Crippen LogP contribution in [0.15, 0.2) is 24.3 Å². The Morgan fingerprint density at radius 1 is 1.14 bits per heavy atom. The zero-order valence-corrected chi connectivity index (χ0v) is 12.8. The van der Waals surface area contributed by atoms with Crippen molar-refractivity contribution in [2.45, 2.75) is 26.7 Å². The summed E-state index contributed by atoms with van der Waals surface area (Å²) in [4.78, 5) is 12.4. The quantitative estimate of drug-likeness (QED) is 0.880. The summed E-state index contributed by atoms with van der Waals surface area (Å²) >= 11 is 0. The Hall–Kier alpha value is -2.37. The fourth-order valence-electron chi connectivity index (χ4n) is 1.75. The first kappa shape index (κ1) is 15.0. The standard InChI is InChI=1S/C15H20N4O2/c1-5-16-13-17-14(20-4)19-15(18-13)21-12-8-6-7-11(9-12)10(2)3/h6-10H,5H2,1-4H3,(H,16,17,18,19). The average Bonchev–Trinajstić information content (AvgIpc) is 2.47. The maximum absolute atomic E-state index is 5.72. The number of aromatic nitrogens is 3. The first-order chi connectivity index (χ1) is 10.1. The molecule has 0 fully saturated rings. The van der Waals surface area contributed by atoms with E-state index < -0.39 is 0 Å². The zero-order valence-electron chi connectivity index (χ0n) is 12.8. The minimum atomic E-state index is 0.207. The van der Waals surface area contributed by atoms with Gasteiger partial charge in [-0.2, -0.15) is 9.97 Å². The van der Waals surface area contributed by atoms with Crippen molar-refractivity contribution < 1.29 is 9.47 Å². The normalized spacial score (nSPS) is 10.5. The Labute approximate surface area is 124 Å². The number of nitrogens with one attached hydrogen (secondary N) is 1. The molecule has 0 aliphatic rings. The molecular weight excluding hydrogens is 268 g/mol. The first-order valence-electron chi connectivity index (χ1n) is 6.94. The molecule has 0 atom stereocenters. The Kier molecular flexibility index (Phi) is 4.92. The topological polar surface area (TPSA) is 69.2 Å². The van der Waals surface area contributed by atoms with Gasteiger partial charge < -0.3 is 14.8 Å². The van der Waals surface area contributed by atoms with Crippen LogP contribution in [-0.2, 0) is 0 Å². The van der Waals surface area contributed by atoms with Crippen LogP contribution in [-0.4, -0.2) is 28.6 Å². The number of rotatable bonds is 6. The minimum absolute atomic E-state index is 0.207. The third-order valence-electron chi connectivity index (χ3n) is 2.85. The molecule has 0 radical (unpaired) electrons. The van der Waals surface area contributed by atoms with E-state index in [9.17, 15) is 0 Å². The Balaban J connectivity index is 2.25. The highest BCUT2D eigenvalue weighted by molar-refractivity contribution is 5.33. The smallest absolute Gasteiger partial charge is 0.330 e. The molecule has 1 aromatic heterocycles. The molecule has 1 N–H and O–H groups in total. The fraction of sp³-hybridized carbons (Fsp3) is 0.400. The van der Waals surface area contributed by atoms with E-state index in [1.54, 1.807) is 0 Å². The number of hydrogen-bond acceptors (Lipinski definition) is 6. The second-order valence-corrected chi connectivity index (χ2v) is 4.79. The van der Waals surface area contributed by atoms with Gasteiger partial charge in [0.1, 0.15) is 5.75 Å². The lowest BCUT2D eigenvalue weighted by molar-refractivity contribution is 0.360. The molecule has 6 heteroatoms. The predicted molar refractivity (Wildman–Crippen MR) is 81.1 cm³/mol. The van der Waals surface area contributed by atoms with Crippen LogP contribution in [0.4, 0.5) is 5.95 Å². The molecule has 0 aliphatic carbocycles. The molecule has 21 heavy (non-hydrogen) atoms. The highest BCUT2D eigenvalue weighted by Gasteiger charge is 2.09. The number of hydrogen-bond donors (Lipinski definition) is 1. The van der Waals surface area contributed by atoms with E-state index in [4.69, 9.17) is 9.47 Å². The van der Waals surface area contributed by atoms with E-state index >= 15 is 0 Å². The lowest BCUT2D eigenvalue weighted by Gasteiger charge is -2.10. The second kappa shape index (κ2) is 6.88. The van der Waals surface area contributed by atoms with Gasteiger partial charge in [-0.3, -0.25) is 0 Å². The highest BCUT2D eigenvalue weighted by atomic mass is 16.5. The van der Waals surface area contributed by atoms with E-state index in [0.717, 1.165) is 0 Å². The van der Waals surface area contributed by atoms with Crippen molar-refractivity contribution >= 4 is 5.95 Å². The molecule has 0 spiro atoms. The predicted octanol–water partition coefficient (Wildman–Crippen LogP) is 3.23. The summed E-state index contributed by atoms with van der Waals surface area (Å²) < 4.78 is 10.8. The Morgan fingerprint density at radius 2 is 1.90 bits per heavy atom. The Bertz CT molecular complexity index is 602. The number of ether oxygens (including phenoxy) is 2. The van der Waals surface area contributed by atoms with Crippen LogP contribution in [0, 0.1) is 0 Å². The van der Waals surface area contributed by atoms with Crippen molar-refractivity contribution in [3.8, 4) is 17.8 Å². The molecular formula is C15H20N4O2. The van der Waals surface area contributed by atoms with Gasteiger partial charge in [0, 0.05) is 6.54 Å². The number of nitrogens with zero attached hydrogens (tertiary/aromatic N) is 3. The molecule has 112 valence electrons. The van der Waals surface area contributed by atoms with Gasteiger partial charge in [0.25, 0.3) is 0 Å². The minimum Gasteiger partial charge on any atom is -0.467 e. The van der Waals surface area contributed by atoms with Crippen molar-refractivity contribution in [1.82, 2.24) is 15.0 Å². The van der Waals surface area contributed by atoms with Gasteiger partial charge in [-0.05, 0) is 30.5 Å². The maximum Gasteiger partial charge on any atom is 0.330 e. The third kappa shape index (κ3) is 4.05. The van der Waals surface area contributed by atoms with Crippen LogP contribution in [0.1, 0.15) is 32.3 Å². The van der Waals surface area contributed by atoms with Crippen LogP contribution in [0.3, 0.4) is 0 Å². The monoisotopic (exact) mass is 288 g/mol. The van der Waals surface area contributed by atoms with E-state index in [2.05, 4.69) is 40.2 Å². The van der Waals surface area contributed by atoms with E-state index in [-0.39, 0.29) is 12.0 Å². The molecule has 0 saturated carbocycles. The van der Waals surface area contributed by atoms with Gasteiger partial charge in [-0.15, -0.1) is 4.98 Å². The lowest BCUT2D eigenvalue weighted by atomic mass is 10.0. The van der Waals surface area contributed by atoms with E-state index in [0.29, 0.717) is 24.2 Å². The van der Waals surface area contributed by atoms with Crippen molar-refractivity contribution in [3.63, 3.8) is 0 Å². The summed E-state index contributed by atoms with van der Waals surface area (Å²) in [6.45, 7) is 6.93. The van der Waals surface area contributed by atoms with Gasteiger partial charge in [-0.25, -0.2) is 0 Å². The van der Waals surface area contributed by atoms with Gasteiger partial charge >= 0.3 is 12.0 Å². The molecule has 6 nitrogen and oxygen atoms in total. The van der Waals surface area contributed by atoms with Gasteiger partial charge in [0.2, 0.25) is 5.95 Å². The van der Waals surface area contributed by atoms with Gasteiger partial charge in [-0.1, -0.05) is 26.0 Å². The molecule has 0 saturated heterocycles. The van der Waals surface area contributed by atoms with Crippen molar-refractivity contribution in [1.29, 1.82) is 0 Å². The average molecular weight is 288 g/mol. The molecule has 1 aromatic carbocycles. The summed E-state index contributed by atoms with van der Waals surface area (Å²) in [5.74, 6) is 1.55. The summed E-state index contributed by atoms with van der Waals surface area (Å²) in [5, 5.41) is 3.02. The number of benzene rings is 1. The van der Waals surface area contributed by atoms with Crippen molar-refractivity contribution in [2.75, 3.05) is 19.0 Å². The number of anilines is 1. The van der Waals surface area contributed by atoms with Crippen molar-refractivity contribution in [2.24, 2.45) is 0 Å². The molecule has 1 heterocycles. The van der Waals surface area contributed by atoms with Crippen molar-refractivity contribution in [3.05, 3.63) is 29.8 Å². The molecule has 0 unspecified atom stereocenters. The summed E-state index contributed by atoms with van der Waals surface area (Å²) in [7, 11) is 1.51. The maximum atomic E-state index is 5.72. The Morgan fingerprint density at radius 3 is 2.57 bits per heavy atom. The van der Waals surface area contributed by atoms with Crippen LogP contribution in [0.5, 0.6) is 17.8 Å². The first-order valence-corrected chi connectivity index (χ1v) is 6.94. The van der Waals surface area contributed by atoms with E-state index in [1.807, 2.05) is 25.1 Å². The molecule has 0 aliphatic heterocycles. The van der Waals surface area contributed by atoms with E-state index in [1.165, 1.54) is 12.7 Å². The van der Waals surface area contributed by atoms with Crippen LogP contribution in [0.25, 0.3) is 0 Å². The SMILES string of the molecule is CCNc1nc(OC)nc(Oc2cccc(C(C)C)c2)n1. The lowest BCUT2D eigenvalue weighted by Crippen LogP contribution is -2.06. The molecule has 0 amide bonds. The largest absolute Gasteiger partial charge is 0.467 e. The molecule has 2 rings (SSSR count). The van der Waals surface area contributed by atoms with Gasteiger partial charge in [0.05, 0.1) is 7.11 Å². The second-order valence-electron chi connectivity index (χ2n) is 4.79. The van der Waals surface area contributed by atoms with Crippen LogP contribution >= 0.6 is 0 Å².